The van der Waals surface area contributed by atoms with Gasteiger partial charge >= 0.3 is 0 Å². The van der Waals surface area contributed by atoms with Gasteiger partial charge in [0.2, 0.25) is 5.91 Å². The van der Waals surface area contributed by atoms with Crippen molar-refractivity contribution in [3.05, 3.63) is 0 Å². The van der Waals surface area contributed by atoms with E-state index in [0.29, 0.717) is 0 Å². The van der Waals surface area contributed by atoms with Gasteiger partial charge in [0.05, 0.1) is 12.1 Å². The molecule has 1 saturated carbocycles. The molecule has 21 heavy (non-hydrogen) atoms. The van der Waals surface area contributed by atoms with Crippen LogP contribution in [0.4, 0.5) is 0 Å². The molecule has 0 unspecified atom stereocenters. The van der Waals surface area contributed by atoms with E-state index in [4.69, 9.17) is 10.5 Å². The van der Waals surface area contributed by atoms with E-state index in [1.807, 2.05) is 4.90 Å². The lowest BCUT2D eigenvalue weighted by molar-refractivity contribution is -0.140. The third-order valence-corrected chi connectivity index (χ3v) is 4.44. The highest BCUT2D eigenvalue weighted by Gasteiger charge is 2.39. The first-order valence-electron chi connectivity index (χ1n) is 7.45. The van der Waals surface area contributed by atoms with Crippen molar-refractivity contribution in [3.8, 4) is 0 Å². The molecule has 5 nitrogen and oxygen atoms in total. The quantitative estimate of drug-likeness (QED) is 0.836. The topological polar surface area (TPSA) is 58.8 Å². The number of ether oxygens (including phenoxy) is 1. The minimum absolute atomic E-state index is 0. The Morgan fingerprint density at radius 1 is 1.10 bits per heavy atom. The molecule has 1 aliphatic carbocycles. The number of amides is 1. The summed E-state index contributed by atoms with van der Waals surface area (Å²) >= 11 is 0. The number of piperazine rings is 1. The SMILES string of the molecule is COCCN1CCN(C(=O)C2(N)CCCCC2)CC1.Cl.Cl. The minimum atomic E-state index is -0.576. The molecule has 1 amide bonds. The number of hydrogen-bond donors (Lipinski definition) is 1. The van der Waals surface area contributed by atoms with E-state index < -0.39 is 5.54 Å². The molecule has 0 bridgehead atoms. The van der Waals surface area contributed by atoms with Gasteiger partial charge in [-0.25, -0.2) is 0 Å². The van der Waals surface area contributed by atoms with E-state index >= 15 is 0 Å². The Morgan fingerprint density at radius 2 is 1.67 bits per heavy atom. The Morgan fingerprint density at radius 3 is 2.19 bits per heavy atom. The van der Waals surface area contributed by atoms with E-state index in [9.17, 15) is 4.79 Å². The second-order valence-corrected chi connectivity index (χ2v) is 5.84. The number of halogens is 2. The highest BCUT2D eigenvalue weighted by molar-refractivity contribution is 5.86. The van der Waals surface area contributed by atoms with E-state index in [0.717, 1.165) is 65.0 Å². The van der Waals surface area contributed by atoms with Crippen molar-refractivity contribution in [3.63, 3.8) is 0 Å². The molecule has 2 N–H and O–H groups in total. The van der Waals surface area contributed by atoms with Crippen molar-refractivity contribution in [2.24, 2.45) is 5.73 Å². The number of nitrogens with two attached hydrogens (primary N) is 1. The Bertz CT molecular complexity index is 305. The fraction of sp³-hybridized carbons (Fsp3) is 0.929. The van der Waals surface area contributed by atoms with Crippen molar-refractivity contribution in [1.82, 2.24) is 9.80 Å². The molecule has 0 atom stereocenters. The van der Waals surface area contributed by atoms with Gasteiger partial charge in [-0.1, -0.05) is 19.3 Å². The zero-order chi connectivity index (χ0) is 13.7. The second kappa shape index (κ2) is 9.85. The molecule has 0 aromatic heterocycles. The van der Waals surface area contributed by atoms with Crippen LogP contribution < -0.4 is 5.73 Å². The number of carbonyl (C=O) groups excluding carboxylic acids is 1. The predicted octanol–water partition coefficient (Wildman–Crippen LogP) is 1.28. The van der Waals surface area contributed by atoms with Crippen molar-refractivity contribution < 1.29 is 9.53 Å². The molecule has 0 spiro atoms. The van der Waals surface area contributed by atoms with Crippen LogP contribution in [0.15, 0.2) is 0 Å². The van der Waals surface area contributed by atoms with Gasteiger partial charge in [-0.15, -0.1) is 24.8 Å². The molecule has 2 rings (SSSR count). The third kappa shape index (κ3) is 5.57. The van der Waals surface area contributed by atoms with Crippen LogP contribution in [0.5, 0.6) is 0 Å². The normalized spacial score (nSPS) is 22.1. The molecule has 1 aliphatic heterocycles. The summed E-state index contributed by atoms with van der Waals surface area (Å²) in [5.41, 5.74) is 5.75. The number of methoxy groups -OCH3 is 1. The number of rotatable bonds is 4. The molecule has 2 aliphatic rings. The van der Waals surface area contributed by atoms with Gasteiger partial charge in [0, 0.05) is 39.8 Å². The van der Waals surface area contributed by atoms with Crippen molar-refractivity contribution >= 4 is 30.7 Å². The zero-order valence-electron chi connectivity index (χ0n) is 12.9. The molecular formula is C14H29Cl2N3O2. The Hall–Kier alpha value is -0.0700. The zero-order valence-corrected chi connectivity index (χ0v) is 14.5. The average Bonchev–Trinajstić information content (AvgIpc) is 2.46. The van der Waals surface area contributed by atoms with E-state index in [1.165, 1.54) is 6.42 Å². The first-order chi connectivity index (χ1) is 9.15. The summed E-state index contributed by atoms with van der Waals surface area (Å²) in [6.07, 6.45) is 5.12. The van der Waals surface area contributed by atoms with E-state index in [2.05, 4.69) is 4.90 Å². The van der Waals surface area contributed by atoms with Crippen LogP contribution in [0.25, 0.3) is 0 Å². The van der Waals surface area contributed by atoms with E-state index in [-0.39, 0.29) is 30.7 Å². The molecule has 0 aromatic rings. The van der Waals surface area contributed by atoms with Crippen LogP contribution in [0.3, 0.4) is 0 Å². The van der Waals surface area contributed by atoms with Gasteiger partial charge in [-0.05, 0) is 12.8 Å². The summed E-state index contributed by atoms with van der Waals surface area (Å²) < 4.78 is 5.09. The number of carbonyl (C=O) groups is 1. The smallest absolute Gasteiger partial charge is 0.242 e. The molecule has 1 saturated heterocycles. The summed E-state index contributed by atoms with van der Waals surface area (Å²) in [5, 5.41) is 0. The van der Waals surface area contributed by atoms with Crippen molar-refractivity contribution in [2.45, 2.75) is 37.6 Å². The average molecular weight is 342 g/mol. The monoisotopic (exact) mass is 341 g/mol. The predicted molar refractivity (Wildman–Crippen MR) is 89.4 cm³/mol. The van der Waals surface area contributed by atoms with Crippen LogP contribution >= 0.6 is 24.8 Å². The number of hydrogen-bond acceptors (Lipinski definition) is 4. The van der Waals surface area contributed by atoms with Gasteiger partial charge in [0.15, 0.2) is 0 Å². The lowest BCUT2D eigenvalue weighted by atomic mass is 9.81. The molecule has 1 heterocycles. The van der Waals surface area contributed by atoms with Crippen molar-refractivity contribution in [2.75, 3.05) is 46.4 Å². The fourth-order valence-electron chi connectivity index (χ4n) is 3.11. The summed E-state index contributed by atoms with van der Waals surface area (Å²) in [5.74, 6) is 0.179. The first kappa shape index (κ1) is 20.9. The largest absolute Gasteiger partial charge is 0.383 e. The lowest BCUT2D eigenvalue weighted by Crippen LogP contribution is -2.60. The maximum Gasteiger partial charge on any atom is 0.242 e. The molecular weight excluding hydrogens is 313 g/mol. The molecule has 126 valence electrons. The molecule has 7 heteroatoms. The summed E-state index contributed by atoms with van der Waals surface area (Å²) in [6, 6.07) is 0. The van der Waals surface area contributed by atoms with E-state index in [1.54, 1.807) is 7.11 Å². The standard InChI is InChI=1S/C14H27N3O2.2ClH/c1-19-12-11-16-7-9-17(10-8-16)13(18)14(15)5-3-2-4-6-14;;/h2-12,15H2,1H3;2*1H. The van der Waals surface area contributed by atoms with Gasteiger partial charge in [0.25, 0.3) is 0 Å². The van der Waals surface area contributed by atoms with Crippen molar-refractivity contribution in [1.29, 1.82) is 0 Å². The maximum absolute atomic E-state index is 12.6. The minimum Gasteiger partial charge on any atom is -0.383 e. The van der Waals surface area contributed by atoms with Gasteiger partial charge in [-0.2, -0.15) is 0 Å². The summed E-state index contributed by atoms with van der Waals surface area (Å²) in [4.78, 5) is 16.9. The first-order valence-corrected chi connectivity index (χ1v) is 7.45. The third-order valence-electron chi connectivity index (χ3n) is 4.44. The fourth-order valence-corrected chi connectivity index (χ4v) is 3.11. The van der Waals surface area contributed by atoms with Gasteiger partial charge in [0.1, 0.15) is 0 Å². The maximum atomic E-state index is 12.6. The van der Waals surface area contributed by atoms with Crippen LogP contribution in [-0.4, -0.2) is 67.7 Å². The highest BCUT2D eigenvalue weighted by atomic mass is 35.5. The Balaban J connectivity index is 0.00000200. The Labute approximate surface area is 140 Å². The van der Waals surface area contributed by atoms with Gasteiger partial charge in [-0.3, -0.25) is 9.69 Å². The number of nitrogens with zero attached hydrogens (tertiary/aromatic N) is 2. The van der Waals surface area contributed by atoms with Crippen LogP contribution in [0, 0.1) is 0 Å². The van der Waals surface area contributed by atoms with Crippen LogP contribution in [0.2, 0.25) is 0 Å². The molecule has 2 fully saturated rings. The lowest BCUT2D eigenvalue weighted by Gasteiger charge is -2.41. The van der Waals surface area contributed by atoms with Crippen LogP contribution in [-0.2, 0) is 9.53 Å². The summed E-state index contributed by atoms with van der Waals surface area (Å²) in [6.45, 7) is 5.19. The van der Waals surface area contributed by atoms with Crippen LogP contribution in [0.1, 0.15) is 32.1 Å². The molecule has 0 aromatic carbocycles. The highest BCUT2D eigenvalue weighted by Crippen LogP contribution is 2.28. The molecule has 0 radical (unpaired) electrons. The van der Waals surface area contributed by atoms with Gasteiger partial charge < -0.3 is 15.4 Å². The summed E-state index contributed by atoms with van der Waals surface area (Å²) in [7, 11) is 1.72. The second-order valence-electron chi connectivity index (χ2n) is 5.84. The Kier molecular flexibility index (Phi) is 9.81.